The minimum atomic E-state index is -0.00701. The molecule has 1 aliphatic heterocycles. The van der Waals surface area contributed by atoms with Gasteiger partial charge in [-0.15, -0.1) is 0 Å². The maximum atomic E-state index is 12.6. The fourth-order valence-corrected chi connectivity index (χ4v) is 4.09. The van der Waals surface area contributed by atoms with Crippen molar-refractivity contribution in [2.45, 2.75) is 58.2 Å². The lowest BCUT2D eigenvalue weighted by molar-refractivity contribution is -0.119. The second-order valence-electron chi connectivity index (χ2n) is 7.68. The summed E-state index contributed by atoms with van der Waals surface area (Å²) >= 11 is 0. The molecule has 1 aliphatic carbocycles. The van der Waals surface area contributed by atoms with E-state index in [4.69, 9.17) is 0 Å². The summed E-state index contributed by atoms with van der Waals surface area (Å²) in [6, 6.07) is 9.71. The average molecular weight is 366 g/mol. The molecule has 6 heteroatoms. The van der Waals surface area contributed by atoms with Crippen LogP contribution in [-0.2, 0) is 17.9 Å². The molecule has 1 aromatic carbocycles. The molecule has 142 valence electrons. The molecule has 0 spiro atoms. The predicted octanol–water partition coefficient (Wildman–Crippen LogP) is 3.13. The molecule has 2 heterocycles. The van der Waals surface area contributed by atoms with Crippen molar-refractivity contribution in [1.82, 2.24) is 15.1 Å². The van der Waals surface area contributed by atoms with E-state index in [-0.39, 0.29) is 17.9 Å². The van der Waals surface area contributed by atoms with Crippen LogP contribution in [0.15, 0.2) is 36.5 Å². The topological polar surface area (TPSA) is 67.2 Å². The summed E-state index contributed by atoms with van der Waals surface area (Å²) in [4.78, 5) is 26.6. The number of anilines is 1. The molecule has 1 aromatic heterocycles. The van der Waals surface area contributed by atoms with Gasteiger partial charge in [0.2, 0.25) is 5.91 Å². The molecule has 4 rings (SSSR count). The molecule has 1 saturated carbocycles. The van der Waals surface area contributed by atoms with Crippen LogP contribution >= 0.6 is 0 Å². The molecule has 2 aromatic rings. The van der Waals surface area contributed by atoms with Crippen molar-refractivity contribution in [3.8, 4) is 0 Å². The number of hydrogen-bond donors (Lipinski definition) is 1. The third-order valence-electron chi connectivity index (χ3n) is 5.79. The Bertz CT molecular complexity index is 827. The first-order valence-corrected chi connectivity index (χ1v) is 9.84. The van der Waals surface area contributed by atoms with Gasteiger partial charge in [0.1, 0.15) is 5.82 Å². The molecule has 2 amide bonds. The van der Waals surface area contributed by atoms with Crippen LogP contribution in [0.25, 0.3) is 0 Å². The third kappa shape index (κ3) is 3.75. The van der Waals surface area contributed by atoms with Gasteiger partial charge >= 0.3 is 0 Å². The molecule has 0 bridgehead atoms. The monoisotopic (exact) mass is 366 g/mol. The molecule has 1 N–H and O–H groups in total. The third-order valence-corrected chi connectivity index (χ3v) is 5.79. The number of aryl methyl sites for hydroxylation is 1. The van der Waals surface area contributed by atoms with Crippen LogP contribution in [0.5, 0.6) is 0 Å². The molecule has 2 aliphatic rings. The Balaban J connectivity index is 1.42. The summed E-state index contributed by atoms with van der Waals surface area (Å²) in [5.41, 5.74) is 1.67. The highest BCUT2D eigenvalue weighted by atomic mass is 16.2. The van der Waals surface area contributed by atoms with Crippen LogP contribution in [0.2, 0.25) is 0 Å². The lowest BCUT2D eigenvalue weighted by atomic mass is 9.86. The van der Waals surface area contributed by atoms with Crippen molar-refractivity contribution >= 4 is 17.6 Å². The van der Waals surface area contributed by atoms with Gasteiger partial charge in [0.05, 0.1) is 19.3 Å². The second-order valence-corrected chi connectivity index (χ2v) is 7.68. The van der Waals surface area contributed by atoms with E-state index in [1.807, 2.05) is 35.0 Å². The minimum absolute atomic E-state index is 0.00701. The molecular weight excluding hydrogens is 340 g/mol. The number of fused-ring (bicyclic) bond motifs is 1. The SMILES string of the molecule is C[C@@H]1CCCC[C@H]1NC(=O)c1ccc(CN2C(=O)CCn3nccc32)cc1. The number of amides is 2. The summed E-state index contributed by atoms with van der Waals surface area (Å²) < 4.78 is 1.86. The van der Waals surface area contributed by atoms with Gasteiger partial charge in [-0.25, -0.2) is 4.68 Å². The van der Waals surface area contributed by atoms with Crippen molar-refractivity contribution in [3.63, 3.8) is 0 Å². The average Bonchev–Trinajstić information content (AvgIpc) is 3.15. The summed E-state index contributed by atoms with van der Waals surface area (Å²) in [6.45, 7) is 3.34. The van der Waals surface area contributed by atoms with Gasteiger partial charge < -0.3 is 5.32 Å². The second kappa shape index (κ2) is 7.55. The molecule has 2 atom stereocenters. The van der Waals surface area contributed by atoms with Gasteiger partial charge in [0.15, 0.2) is 0 Å². The number of nitrogens with one attached hydrogen (secondary N) is 1. The van der Waals surface area contributed by atoms with E-state index >= 15 is 0 Å². The highest BCUT2D eigenvalue weighted by Crippen LogP contribution is 2.25. The highest BCUT2D eigenvalue weighted by Gasteiger charge is 2.25. The Hall–Kier alpha value is -2.63. The van der Waals surface area contributed by atoms with Crippen molar-refractivity contribution in [2.24, 2.45) is 5.92 Å². The maximum Gasteiger partial charge on any atom is 0.251 e. The molecule has 1 fully saturated rings. The summed E-state index contributed by atoms with van der Waals surface area (Å²) in [6.07, 6.45) is 6.89. The standard InChI is InChI=1S/C21H26N4O2/c1-15-4-2-3-5-18(15)23-21(27)17-8-6-16(7-9-17)14-24-19-10-12-22-25(19)13-11-20(24)26/h6-10,12,15,18H,2-5,11,13-14H2,1H3,(H,23,27)/t15-,18-/m1/s1. The quantitative estimate of drug-likeness (QED) is 0.904. The van der Waals surface area contributed by atoms with Gasteiger partial charge in [0.25, 0.3) is 5.91 Å². The number of carbonyl (C=O) groups excluding carboxylic acids is 2. The normalized spacial score (nSPS) is 22.4. The zero-order valence-corrected chi connectivity index (χ0v) is 15.7. The van der Waals surface area contributed by atoms with E-state index in [0.29, 0.717) is 31.0 Å². The van der Waals surface area contributed by atoms with Crippen LogP contribution < -0.4 is 10.2 Å². The zero-order valence-electron chi connectivity index (χ0n) is 15.7. The number of benzene rings is 1. The molecule has 6 nitrogen and oxygen atoms in total. The first-order valence-electron chi connectivity index (χ1n) is 9.84. The van der Waals surface area contributed by atoms with E-state index in [1.54, 1.807) is 11.1 Å². The van der Waals surface area contributed by atoms with Crippen LogP contribution in [-0.4, -0.2) is 27.6 Å². The summed E-state index contributed by atoms with van der Waals surface area (Å²) in [5.74, 6) is 1.47. The zero-order chi connectivity index (χ0) is 18.8. The van der Waals surface area contributed by atoms with Crippen LogP contribution in [0.1, 0.15) is 54.9 Å². The van der Waals surface area contributed by atoms with E-state index in [9.17, 15) is 9.59 Å². The Morgan fingerprint density at radius 1 is 1.19 bits per heavy atom. The largest absolute Gasteiger partial charge is 0.349 e. The first kappa shape index (κ1) is 17.8. The van der Waals surface area contributed by atoms with E-state index < -0.39 is 0 Å². The smallest absolute Gasteiger partial charge is 0.251 e. The fraction of sp³-hybridized carbons (Fsp3) is 0.476. The Morgan fingerprint density at radius 2 is 1.96 bits per heavy atom. The van der Waals surface area contributed by atoms with Crippen LogP contribution in [0.3, 0.4) is 0 Å². The molecule has 0 radical (unpaired) electrons. The highest BCUT2D eigenvalue weighted by molar-refractivity contribution is 5.95. The minimum Gasteiger partial charge on any atom is -0.349 e. The molecular formula is C21H26N4O2. The van der Waals surface area contributed by atoms with Crippen molar-refractivity contribution in [1.29, 1.82) is 0 Å². The number of rotatable bonds is 4. The molecule has 0 unspecified atom stereocenters. The van der Waals surface area contributed by atoms with E-state index in [1.165, 1.54) is 19.3 Å². The van der Waals surface area contributed by atoms with Crippen LogP contribution in [0, 0.1) is 5.92 Å². The number of hydrogen-bond acceptors (Lipinski definition) is 3. The predicted molar refractivity (Wildman–Crippen MR) is 103 cm³/mol. The number of nitrogens with zero attached hydrogens (tertiary/aromatic N) is 3. The van der Waals surface area contributed by atoms with E-state index in [0.717, 1.165) is 17.8 Å². The number of aromatic nitrogens is 2. The maximum absolute atomic E-state index is 12.6. The van der Waals surface area contributed by atoms with Crippen molar-refractivity contribution < 1.29 is 9.59 Å². The summed E-state index contributed by atoms with van der Waals surface area (Å²) in [5, 5.41) is 7.44. The van der Waals surface area contributed by atoms with Gasteiger partial charge in [-0.2, -0.15) is 5.10 Å². The van der Waals surface area contributed by atoms with Crippen molar-refractivity contribution in [3.05, 3.63) is 47.7 Å². The Labute approximate surface area is 159 Å². The van der Waals surface area contributed by atoms with E-state index in [2.05, 4.69) is 17.3 Å². The van der Waals surface area contributed by atoms with Gasteiger partial charge in [-0.3, -0.25) is 14.5 Å². The molecule has 27 heavy (non-hydrogen) atoms. The number of carbonyl (C=O) groups is 2. The first-order chi connectivity index (χ1) is 13.1. The van der Waals surface area contributed by atoms with Gasteiger partial charge in [-0.05, 0) is 36.5 Å². The Morgan fingerprint density at radius 3 is 2.74 bits per heavy atom. The van der Waals surface area contributed by atoms with Crippen LogP contribution in [0.4, 0.5) is 5.82 Å². The lowest BCUT2D eigenvalue weighted by Gasteiger charge is -2.29. The Kier molecular flexibility index (Phi) is 4.97. The molecule has 0 saturated heterocycles. The van der Waals surface area contributed by atoms with Gasteiger partial charge in [0, 0.05) is 24.1 Å². The summed E-state index contributed by atoms with van der Waals surface area (Å²) in [7, 11) is 0. The van der Waals surface area contributed by atoms with Gasteiger partial charge in [-0.1, -0.05) is 31.9 Å². The van der Waals surface area contributed by atoms with Crippen molar-refractivity contribution in [2.75, 3.05) is 4.90 Å². The lowest BCUT2D eigenvalue weighted by Crippen LogP contribution is -2.41. The fourth-order valence-electron chi connectivity index (χ4n) is 4.09.